The SMILES string of the molecule is CC/C=C\C/C=C\C/C=C\C/C=C\CCCCCCCCC(=O)OCC(COC(=O)CCCCCCCC/C=C\C=C/CCCCC)OC(=O)CCCCCCC\C=C/C=C\C=C/C=C\CCCCC. The molecule has 0 aromatic rings. The van der Waals surface area contributed by atoms with Crippen LogP contribution in [0.25, 0.3) is 0 Å². The minimum atomic E-state index is -0.806. The molecule has 0 saturated carbocycles. The summed E-state index contributed by atoms with van der Waals surface area (Å²) in [5, 5.41) is 0. The zero-order valence-corrected chi connectivity index (χ0v) is 45.2. The van der Waals surface area contributed by atoms with Crippen molar-refractivity contribution in [2.75, 3.05) is 13.2 Å². The molecule has 1 unspecified atom stereocenters. The third kappa shape index (κ3) is 54.7. The van der Waals surface area contributed by atoms with Gasteiger partial charge in [-0.05, 0) is 109 Å². The van der Waals surface area contributed by atoms with Crippen molar-refractivity contribution in [3.63, 3.8) is 0 Å². The van der Waals surface area contributed by atoms with Crippen LogP contribution < -0.4 is 0 Å². The lowest BCUT2D eigenvalue weighted by Crippen LogP contribution is -2.30. The van der Waals surface area contributed by atoms with Crippen molar-refractivity contribution >= 4 is 17.9 Å². The molecule has 0 saturated heterocycles. The van der Waals surface area contributed by atoms with Crippen molar-refractivity contribution in [1.82, 2.24) is 0 Å². The summed E-state index contributed by atoms with van der Waals surface area (Å²) >= 11 is 0. The lowest BCUT2D eigenvalue weighted by molar-refractivity contribution is -0.167. The van der Waals surface area contributed by atoms with Crippen LogP contribution in [0.1, 0.15) is 245 Å². The highest BCUT2D eigenvalue weighted by molar-refractivity contribution is 5.71. The van der Waals surface area contributed by atoms with Crippen LogP contribution in [0.15, 0.2) is 122 Å². The molecule has 1 atom stereocenters. The summed E-state index contributed by atoms with van der Waals surface area (Å²) in [6.45, 7) is 6.41. The van der Waals surface area contributed by atoms with Gasteiger partial charge in [0.05, 0.1) is 0 Å². The van der Waals surface area contributed by atoms with E-state index in [1.54, 1.807) is 0 Å². The zero-order valence-electron chi connectivity index (χ0n) is 45.2. The van der Waals surface area contributed by atoms with E-state index in [2.05, 4.69) is 142 Å². The van der Waals surface area contributed by atoms with E-state index in [9.17, 15) is 14.4 Å². The first-order valence-electron chi connectivity index (χ1n) is 28.6. The Bertz CT molecular complexity index is 1490. The molecule has 396 valence electrons. The standard InChI is InChI=1S/C64H104O6/c1-4-7-10-13-16-19-22-25-28-30-32-34-36-39-42-45-48-51-54-57-63(66)69-60-61(59-68-62(65)56-53-50-47-44-41-38-35-27-24-21-18-15-12-9-6-3)70-64(67)58-55-52-49-46-43-40-37-33-31-29-26-23-20-17-14-11-8-5-2/h7,10,16-21,23-29,31-34,37,61H,4-6,8-9,11-15,22,30,35-36,38-60H2,1-3H3/b10-7-,19-16-,20-17-,21-18-,26-23-,27-24-,28-25-,31-29-,34-32-,37-33-. The number of allylic oxidation sites excluding steroid dienone is 20. The van der Waals surface area contributed by atoms with Crippen LogP contribution in [0.3, 0.4) is 0 Å². The molecule has 0 fully saturated rings. The summed E-state index contributed by atoms with van der Waals surface area (Å²) < 4.78 is 16.8. The van der Waals surface area contributed by atoms with Crippen molar-refractivity contribution in [2.24, 2.45) is 0 Å². The van der Waals surface area contributed by atoms with E-state index in [4.69, 9.17) is 14.2 Å². The summed E-state index contributed by atoms with van der Waals surface area (Å²) in [4.78, 5) is 38.2. The van der Waals surface area contributed by atoms with Crippen molar-refractivity contribution in [1.29, 1.82) is 0 Å². The number of carbonyl (C=O) groups excluding carboxylic acids is 3. The van der Waals surface area contributed by atoms with Gasteiger partial charge in [0.15, 0.2) is 6.10 Å². The molecule has 0 aliphatic rings. The molecule has 0 spiro atoms. The van der Waals surface area contributed by atoms with Crippen LogP contribution in [0.4, 0.5) is 0 Å². The molecule has 6 nitrogen and oxygen atoms in total. The number of unbranched alkanes of at least 4 members (excludes halogenated alkanes) is 23. The lowest BCUT2D eigenvalue weighted by atomic mass is 10.1. The minimum Gasteiger partial charge on any atom is -0.462 e. The maximum atomic E-state index is 12.9. The Morgan fingerprint density at radius 3 is 1.01 bits per heavy atom. The first kappa shape index (κ1) is 65.8. The van der Waals surface area contributed by atoms with E-state index in [1.807, 2.05) is 0 Å². The first-order chi connectivity index (χ1) is 34.5. The van der Waals surface area contributed by atoms with Gasteiger partial charge in [-0.2, -0.15) is 0 Å². The molecule has 0 N–H and O–H groups in total. The van der Waals surface area contributed by atoms with E-state index < -0.39 is 6.10 Å². The second kappa shape index (κ2) is 57.4. The van der Waals surface area contributed by atoms with Gasteiger partial charge in [-0.3, -0.25) is 14.4 Å². The molecule has 0 aromatic heterocycles. The average molecular weight is 970 g/mol. The number of rotatable bonds is 50. The van der Waals surface area contributed by atoms with E-state index >= 15 is 0 Å². The monoisotopic (exact) mass is 969 g/mol. The second-order valence-electron chi connectivity index (χ2n) is 18.6. The second-order valence-corrected chi connectivity index (χ2v) is 18.6. The molecule has 0 rings (SSSR count). The van der Waals surface area contributed by atoms with Crippen LogP contribution in [0.2, 0.25) is 0 Å². The quantitative estimate of drug-likeness (QED) is 0.0199. The fraction of sp³-hybridized carbons (Fsp3) is 0.641. The van der Waals surface area contributed by atoms with Crippen LogP contribution in [-0.4, -0.2) is 37.2 Å². The summed E-state index contributed by atoms with van der Waals surface area (Å²) in [5.41, 5.74) is 0. The lowest BCUT2D eigenvalue weighted by Gasteiger charge is -2.18. The van der Waals surface area contributed by atoms with E-state index in [0.29, 0.717) is 19.3 Å². The highest BCUT2D eigenvalue weighted by Gasteiger charge is 2.19. The third-order valence-corrected chi connectivity index (χ3v) is 11.8. The molecular formula is C64H104O6. The Hall–Kier alpha value is -4.19. The minimum absolute atomic E-state index is 0.102. The number of hydrogen-bond acceptors (Lipinski definition) is 6. The Kier molecular flexibility index (Phi) is 54.0. The predicted molar refractivity (Wildman–Crippen MR) is 302 cm³/mol. The number of ether oxygens (including phenoxy) is 3. The van der Waals surface area contributed by atoms with Gasteiger partial charge in [-0.15, -0.1) is 0 Å². The molecule has 0 heterocycles. The molecule has 0 radical (unpaired) electrons. The summed E-state index contributed by atoms with van der Waals surface area (Å²) in [7, 11) is 0. The summed E-state index contributed by atoms with van der Waals surface area (Å²) in [6.07, 6.45) is 78.9. The molecule has 0 amide bonds. The van der Waals surface area contributed by atoms with Crippen LogP contribution in [0.5, 0.6) is 0 Å². The third-order valence-electron chi connectivity index (χ3n) is 11.8. The van der Waals surface area contributed by atoms with Gasteiger partial charge >= 0.3 is 17.9 Å². The summed E-state index contributed by atoms with van der Waals surface area (Å²) in [5.74, 6) is -0.951. The van der Waals surface area contributed by atoms with Gasteiger partial charge in [0.25, 0.3) is 0 Å². The Labute approximate surface area is 431 Å². The first-order valence-corrected chi connectivity index (χ1v) is 28.6. The highest BCUT2D eigenvalue weighted by Crippen LogP contribution is 2.14. The highest BCUT2D eigenvalue weighted by atomic mass is 16.6. The molecule has 0 aliphatic carbocycles. The Balaban J connectivity index is 4.50. The molecule has 0 bridgehead atoms. The van der Waals surface area contributed by atoms with Crippen molar-refractivity contribution in [2.45, 2.75) is 252 Å². The molecule has 0 aromatic carbocycles. The normalized spacial score (nSPS) is 13.0. The van der Waals surface area contributed by atoms with Crippen molar-refractivity contribution < 1.29 is 28.6 Å². The maximum Gasteiger partial charge on any atom is 0.306 e. The number of esters is 3. The van der Waals surface area contributed by atoms with E-state index in [0.717, 1.165) is 135 Å². The van der Waals surface area contributed by atoms with Crippen molar-refractivity contribution in [3.8, 4) is 0 Å². The molecular weight excluding hydrogens is 865 g/mol. The van der Waals surface area contributed by atoms with Gasteiger partial charge in [0, 0.05) is 19.3 Å². The van der Waals surface area contributed by atoms with Crippen LogP contribution in [0, 0.1) is 0 Å². The predicted octanol–water partition coefficient (Wildman–Crippen LogP) is 19.3. The van der Waals surface area contributed by atoms with E-state index in [-0.39, 0.29) is 31.1 Å². The van der Waals surface area contributed by atoms with Crippen LogP contribution >= 0.6 is 0 Å². The Morgan fingerprint density at radius 2 is 0.614 bits per heavy atom. The van der Waals surface area contributed by atoms with Gasteiger partial charge in [0.2, 0.25) is 0 Å². The fourth-order valence-corrected chi connectivity index (χ4v) is 7.49. The van der Waals surface area contributed by atoms with Crippen molar-refractivity contribution in [3.05, 3.63) is 122 Å². The van der Waals surface area contributed by atoms with E-state index in [1.165, 1.54) is 70.6 Å². The largest absolute Gasteiger partial charge is 0.462 e. The average Bonchev–Trinajstić information content (AvgIpc) is 3.36. The van der Waals surface area contributed by atoms with Gasteiger partial charge in [0.1, 0.15) is 13.2 Å². The number of hydrogen-bond donors (Lipinski definition) is 0. The zero-order chi connectivity index (χ0) is 50.7. The topological polar surface area (TPSA) is 78.9 Å². The maximum absolute atomic E-state index is 12.9. The van der Waals surface area contributed by atoms with Gasteiger partial charge in [-0.1, -0.05) is 239 Å². The fourth-order valence-electron chi connectivity index (χ4n) is 7.49. The molecule has 0 aliphatic heterocycles. The smallest absolute Gasteiger partial charge is 0.306 e. The van der Waals surface area contributed by atoms with Gasteiger partial charge in [-0.25, -0.2) is 0 Å². The molecule has 6 heteroatoms. The number of carbonyl (C=O) groups is 3. The summed E-state index contributed by atoms with van der Waals surface area (Å²) in [6, 6.07) is 0. The van der Waals surface area contributed by atoms with Crippen LogP contribution in [-0.2, 0) is 28.6 Å². The molecule has 70 heavy (non-hydrogen) atoms. The van der Waals surface area contributed by atoms with Gasteiger partial charge < -0.3 is 14.2 Å². The Morgan fingerprint density at radius 1 is 0.314 bits per heavy atom.